The fraction of sp³-hybridized carbons (Fsp3) is 0.417. The minimum atomic E-state index is 0.0266. The number of allylic oxidation sites excluding steroid dienone is 3. The van der Waals surface area contributed by atoms with Gasteiger partial charge in [-0.1, -0.05) is 18.7 Å². The Morgan fingerprint density at radius 1 is 1.67 bits per heavy atom. The molecule has 0 saturated carbocycles. The van der Waals surface area contributed by atoms with Gasteiger partial charge in [0.15, 0.2) is 0 Å². The number of amides is 1. The van der Waals surface area contributed by atoms with Crippen LogP contribution in [0.5, 0.6) is 0 Å². The van der Waals surface area contributed by atoms with Gasteiger partial charge in [-0.05, 0) is 13.0 Å². The average molecular weight is 207 g/mol. The highest BCUT2D eigenvalue weighted by atomic mass is 16.5. The molecule has 0 aromatic heterocycles. The summed E-state index contributed by atoms with van der Waals surface area (Å²) in [5, 5.41) is 0. The predicted octanol–water partition coefficient (Wildman–Crippen LogP) is 1.88. The average Bonchev–Trinajstić information content (AvgIpc) is 2.60. The van der Waals surface area contributed by atoms with Crippen molar-refractivity contribution < 1.29 is 9.53 Å². The quantitative estimate of drug-likeness (QED) is 0.692. The third-order valence-electron chi connectivity index (χ3n) is 2.58. The first-order valence-electron chi connectivity index (χ1n) is 4.97. The van der Waals surface area contributed by atoms with Gasteiger partial charge in [0, 0.05) is 19.5 Å². The smallest absolute Gasteiger partial charge is 0.219 e. The molecule has 0 aromatic carbocycles. The zero-order valence-corrected chi connectivity index (χ0v) is 9.49. The van der Waals surface area contributed by atoms with Crippen molar-refractivity contribution in [3.05, 3.63) is 36.1 Å². The number of ether oxygens (including phenoxy) is 1. The number of carbonyl (C=O) groups excluding carboxylic acids is 1. The zero-order valence-electron chi connectivity index (χ0n) is 9.49. The molecule has 0 spiro atoms. The molecule has 1 rings (SSSR count). The predicted molar refractivity (Wildman–Crippen MR) is 60.2 cm³/mol. The van der Waals surface area contributed by atoms with E-state index in [4.69, 9.17) is 4.74 Å². The lowest BCUT2D eigenvalue weighted by Crippen LogP contribution is -2.36. The van der Waals surface area contributed by atoms with Crippen LogP contribution < -0.4 is 0 Å². The van der Waals surface area contributed by atoms with Crippen LogP contribution in [0, 0.1) is 0 Å². The fourth-order valence-corrected chi connectivity index (χ4v) is 1.63. The Balaban J connectivity index is 2.92. The lowest BCUT2D eigenvalue weighted by molar-refractivity contribution is -0.129. The van der Waals surface area contributed by atoms with Crippen molar-refractivity contribution in [2.75, 3.05) is 13.7 Å². The highest BCUT2D eigenvalue weighted by Crippen LogP contribution is 2.27. The van der Waals surface area contributed by atoms with Crippen LogP contribution in [0.1, 0.15) is 13.8 Å². The van der Waals surface area contributed by atoms with Gasteiger partial charge in [-0.2, -0.15) is 0 Å². The number of nitrogens with zero attached hydrogens (tertiary/aromatic N) is 1. The lowest BCUT2D eigenvalue weighted by Gasteiger charge is -2.21. The standard InChI is InChI=1S/C12H17NO2/c1-5-7-12-10(6-2)11(8-15-12)13(4)9(3)14/h5-7,11H,1,8H2,2-4H3/b10-6-,12-7+. The number of hydrogen-bond acceptors (Lipinski definition) is 2. The molecular weight excluding hydrogens is 190 g/mol. The van der Waals surface area contributed by atoms with Crippen LogP contribution in [0.15, 0.2) is 36.1 Å². The molecule has 3 nitrogen and oxygen atoms in total. The largest absolute Gasteiger partial charge is 0.491 e. The lowest BCUT2D eigenvalue weighted by atomic mass is 10.1. The first-order chi connectivity index (χ1) is 7.11. The van der Waals surface area contributed by atoms with Crippen LogP contribution in [0.2, 0.25) is 0 Å². The molecule has 1 amide bonds. The number of hydrogen-bond donors (Lipinski definition) is 0. The van der Waals surface area contributed by atoms with Crippen molar-refractivity contribution in [2.24, 2.45) is 0 Å². The second-order valence-corrected chi connectivity index (χ2v) is 3.47. The molecule has 1 aliphatic heterocycles. The van der Waals surface area contributed by atoms with Gasteiger partial charge in [0.05, 0.1) is 6.04 Å². The molecule has 1 unspecified atom stereocenters. The summed E-state index contributed by atoms with van der Waals surface area (Å²) in [6, 6.07) is 0.0266. The Labute approximate surface area is 90.7 Å². The molecule has 0 aromatic rings. The Hall–Kier alpha value is -1.51. The summed E-state index contributed by atoms with van der Waals surface area (Å²) in [4.78, 5) is 13.0. The third-order valence-corrected chi connectivity index (χ3v) is 2.58. The summed E-state index contributed by atoms with van der Waals surface area (Å²) in [5.41, 5.74) is 1.05. The molecule has 0 radical (unpaired) electrons. The monoisotopic (exact) mass is 207 g/mol. The van der Waals surface area contributed by atoms with Crippen molar-refractivity contribution >= 4 is 5.91 Å². The number of rotatable bonds is 2. The second-order valence-electron chi connectivity index (χ2n) is 3.47. The van der Waals surface area contributed by atoms with Gasteiger partial charge in [-0.25, -0.2) is 0 Å². The van der Waals surface area contributed by atoms with Gasteiger partial charge in [0.1, 0.15) is 12.4 Å². The summed E-state index contributed by atoms with van der Waals surface area (Å²) in [7, 11) is 1.79. The molecule has 82 valence electrons. The number of carbonyl (C=O) groups is 1. The van der Waals surface area contributed by atoms with Crippen LogP contribution in [-0.4, -0.2) is 30.5 Å². The molecule has 1 saturated heterocycles. The van der Waals surface area contributed by atoms with E-state index >= 15 is 0 Å². The Kier molecular flexibility index (Phi) is 3.72. The van der Waals surface area contributed by atoms with E-state index in [1.165, 1.54) is 0 Å². The molecule has 0 N–H and O–H groups in total. The summed E-state index contributed by atoms with van der Waals surface area (Å²) in [6.45, 7) is 7.66. The van der Waals surface area contributed by atoms with Crippen molar-refractivity contribution in [2.45, 2.75) is 19.9 Å². The van der Waals surface area contributed by atoms with Crippen molar-refractivity contribution in [1.82, 2.24) is 4.90 Å². The molecular formula is C12H17NO2. The van der Waals surface area contributed by atoms with E-state index in [2.05, 4.69) is 6.58 Å². The maximum Gasteiger partial charge on any atom is 0.219 e. The maximum atomic E-state index is 11.3. The molecule has 1 atom stereocenters. The van der Waals surface area contributed by atoms with Crippen LogP contribution in [0.25, 0.3) is 0 Å². The second kappa shape index (κ2) is 4.82. The van der Waals surface area contributed by atoms with Crippen LogP contribution in [0.4, 0.5) is 0 Å². The van der Waals surface area contributed by atoms with Gasteiger partial charge in [0.2, 0.25) is 5.91 Å². The highest BCUT2D eigenvalue weighted by molar-refractivity contribution is 5.74. The van der Waals surface area contributed by atoms with Gasteiger partial charge >= 0.3 is 0 Å². The summed E-state index contributed by atoms with van der Waals surface area (Å²) >= 11 is 0. The minimum absolute atomic E-state index is 0.0266. The van der Waals surface area contributed by atoms with E-state index < -0.39 is 0 Å². The van der Waals surface area contributed by atoms with Gasteiger partial charge in [-0.15, -0.1) is 0 Å². The van der Waals surface area contributed by atoms with Crippen molar-refractivity contribution in [3.63, 3.8) is 0 Å². The first kappa shape index (κ1) is 11.6. The van der Waals surface area contributed by atoms with E-state index in [0.29, 0.717) is 6.61 Å². The van der Waals surface area contributed by atoms with Crippen LogP contribution >= 0.6 is 0 Å². The molecule has 3 heteroatoms. The van der Waals surface area contributed by atoms with Crippen LogP contribution in [0.3, 0.4) is 0 Å². The van der Waals surface area contributed by atoms with Gasteiger partial charge < -0.3 is 9.64 Å². The van der Waals surface area contributed by atoms with Crippen LogP contribution in [-0.2, 0) is 9.53 Å². The molecule has 15 heavy (non-hydrogen) atoms. The van der Waals surface area contributed by atoms with E-state index in [9.17, 15) is 4.79 Å². The van der Waals surface area contributed by atoms with E-state index in [1.54, 1.807) is 24.9 Å². The Bertz CT molecular complexity index is 329. The molecule has 0 bridgehead atoms. The maximum absolute atomic E-state index is 11.3. The Morgan fingerprint density at radius 2 is 2.33 bits per heavy atom. The van der Waals surface area contributed by atoms with E-state index in [1.807, 2.05) is 19.1 Å². The number of likely N-dealkylation sites (N-methyl/N-ethyl adjacent to an activating group) is 1. The summed E-state index contributed by atoms with van der Waals surface area (Å²) in [5.74, 6) is 0.855. The zero-order chi connectivity index (χ0) is 11.4. The van der Waals surface area contributed by atoms with Crippen molar-refractivity contribution in [3.8, 4) is 0 Å². The molecule has 1 fully saturated rings. The molecule has 1 aliphatic rings. The first-order valence-corrected chi connectivity index (χ1v) is 4.97. The van der Waals surface area contributed by atoms with E-state index in [-0.39, 0.29) is 11.9 Å². The minimum Gasteiger partial charge on any atom is -0.491 e. The SMILES string of the molecule is C=C/C=C1/OCC(N(C)C(C)=O)/C1=C/C. The summed E-state index contributed by atoms with van der Waals surface area (Å²) in [6.07, 6.45) is 5.49. The van der Waals surface area contributed by atoms with E-state index in [0.717, 1.165) is 11.3 Å². The Morgan fingerprint density at radius 3 is 2.80 bits per heavy atom. The molecule has 1 heterocycles. The summed E-state index contributed by atoms with van der Waals surface area (Å²) < 4.78 is 5.51. The van der Waals surface area contributed by atoms with Gasteiger partial charge in [0.25, 0.3) is 0 Å². The normalized spacial score (nSPS) is 25.4. The van der Waals surface area contributed by atoms with Crippen molar-refractivity contribution in [1.29, 1.82) is 0 Å². The highest BCUT2D eigenvalue weighted by Gasteiger charge is 2.30. The molecule has 0 aliphatic carbocycles. The van der Waals surface area contributed by atoms with Gasteiger partial charge in [-0.3, -0.25) is 4.79 Å². The fourth-order valence-electron chi connectivity index (χ4n) is 1.63. The topological polar surface area (TPSA) is 29.5 Å². The third kappa shape index (κ3) is 2.29.